The SMILES string of the molecule is CCS(=O)(=O)NCc1csc(NC)n1. The summed E-state index contributed by atoms with van der Waals surface area (Å²) in [7, 11) is -1.34. The van der Waals surface area contributed by atoms with Gasteiger partial charge in [-0.3, -0.25) is 0 Å². The maximum Gasteiger partial charge on any atom is 0.211 e. The van der Waals surface area contributed by atoms with E-state index in [4.69, 9.17) is 0 Å². The van der Waals surface area contributed by atoms with Crippen LogP contribution in [0.15, 0.2) is 5.38 Å². The van der Waals surface area contributed by atoms with Crippen LogP contribution in [0, 0.1) is 0 Å². The van der Waals surface area contributed by atoms with E-state index >= 15 is 0 Å². The summed E-state index contributed by atoms with van der Waals surface area (Å²) in [5.74, 6) is 0.0933. The van der Waals surface area contributed by atoms with E-state index in [9.17, 15) is 8.42 Å². The van der Waals surface area contributed by atoms with Crippen molar-refractivity contribution >= 4 is 26.5 Å². The number of rotatable bonds is 5. The highest BCUT2D eigenvalue weighted by molar-refractivity contribution is 7.89. The molecule has 1 aromatic rings. The van der Waals surface area contributed by atoms with Crippen LogP contribution in [0.5, 0.6) is 0 Å². The molecule has 0 aliphatic heterocycles. The Morgan fingerprint density at radius 3 is 2.79 bits per heavy atom. The van der Waals surface area contributed by atoms with Crippen LogP contribution in [-0.4, -0.2) is 26.2 Å². The molecule has 5 nitrogen and oxygen atoms in total. The second-order valence-corrected chi connectivity index (χ2v) is 5.57. The van der Waals surface area contributed by atoms with Crippen LogP contribution in [0.25, 0.3) is 0 Å². The largest absolute Gasteiger partial charge is 0.365 e. The van der Waals surface area contributed by atoms with E-state index in [1.807, 2.05) is 5.38 Å². The second kappa shape index (κ2) is 4.72. The number of hydrogen-bond donors (Lipinski definition) is 2. The Labute approximate surface area is 87.6 Å². The first-order valence-corrected chi connectivity index (χ1v) is 6.70. The Balaban J connectivity index is 2.54. The molecule has 0 fully saturated rings. The zero-order valence-electron chi connectivity index (χ0n) is 8.07. The maximum atomic E-state index is 11.1. The van der Waals surface area contributed by atoms with Crippen molar-refractivity contribution in [1.29, 1.82) is 0 Å². The van der Waals surface area contributed by atoms with E-state index in [1.54, 1.807) is 14.0 Å². The van der Waals surface area contributed by atoms with Crippen molar-refractivity contribution in [1.82, 2.24) is 9.71 Å². The van der Waals surface area contributed by atoms with Gasteiger partial charge in [0.05, 0.1) is 18.0 Å². The third-order valence-electron chi connectivity index (χ3n) is 1.62. The average Bonchev–Trinajstić information content (AvgIpc) is 2.63. The minimum Gasteiger partial charge on any atom is -0.365 e. The highest BCUT2D eigenvalue weighted by Gasteiger charge is 2.07. The van der Waals surface area contributed by atoms with Gasteiger partial charge >= 0.3 is 0 Å². The van der Waals surface area contributed by atoms with Gasteiger partial charge in [-0.05, 0) is 6.92 Å². The minimum atomic E-state index is -3.12. The predicted octanol–water partition coefficient (Wildman–Crippen LogP) is 0.624. The van der Waals surface area contributed by atoms with Crippen molar-refractivity contribution in [3.8, 4) is 0 Å². The maximum absolute atomic E-state index is 11.1. The Bertz CT molecular complexity index is 385. The summed E-state index contributed by atoms with van der Waals surface area (Å²) in [4.78, 5) is 4.15. The topological polar surface area (TPSA) is 71.1 Å². The van der Waals surface area contributed by atoms with E-state index in [1.165, 1.54) is 11.3 Å². The molecule has 7 heteroatoms. The number of hydrogen-bond acceptors (Lipinski definition) is 5. The molecular formula is C7H13N3O2S2. The summed E-state index contributed by atoms with van der Waals surface area (Å²) in [6.07, 6.45) is 0. The van der Waals surface area contributed by atoms with Gasteiger partial charge in [0, 0.05) is 12.4 Å². The van der Waals surface area contributed by atoms with E-state index < -0.39 is 10.0 Å². The predicted molar refractivity (Wildman–Crippen MR) is 58.0 cm³/mol. The summed E-state index contributed by atoms with van der Waals surface area (Å²) in [6, 6.07) is 0. The lowest BCUT2D eigenvalue weighted by atomic mass is 10.5. The highest BCUT2D eigenvalue weighted by Crippen LogP contribution is 2.13. The molecule has 0 saturated carbocycles. The molecule has 0 bridgehead atoms. The van der Waals surface area contributed by atoms with Crippen LogP contribution in [0.4, 0.5) is 5.13 Å². The number of anilines is 1. The number of thiazole rings is 1. The lowest BCUT2D eigenvalue weighted by molar-refractivity contribution is 0.582. The van der Waals surface area contributed by atoms with E-state index in [0.717, 1.165) is 10.8 Å². The zero-order valence-corrected chi connectivity index (χ0v) is 9.70. The molecule has 14 heavy (non-hydrogen) atoms. The molecular weight excluding hydrogens is 222 g/mol. The van der Waals surface area contributed by atoms with Crippen molar-refractivity contribution < 1.29 is 8.42 Å². The molecule has 80 valence electrons. The quantitative estimate of drug-likeness (QED) is 0.785. The molecule has 0 aromatic carbocycles. The van der Waals surface area contributed by atoms with Crippen LogP contribution >= 0.6 is 11.3 Å². The molecule has 0 unspecified atom stereocenters. The van der Waals surface area contributed by atoms with Gasteiger partial charge in [0.15, 0.2) is 5.13 Å². The van der Waals surface area contributed by atoms with Gasteiger partial charge in [-0.1, -0.05) is 0 Å². The van der Waals surface area contributed by atoms with E-state index in [-0.39, 0.29) is 12.3 Å². The molecule has 0 saturated heterocycles. The van der Waals surface area contributed by atoms with Gasteiger partial charge in [0.25, 0.3) is 0 Å². The fourth-order valence-electron chi connectivity index (χ4n) is 0.789. The Morgan fingerprint density at radius 2 is 2.29 bits per heavy atom. The van der Waals surface area contributed by atoms with Crippen LogP contribution in [0.3, 0.4) is 0 Å². The average molecular weight is 235 g/mol. The number of sulfonamides is 1. The van der Waals surface area contributed by atoms with Gasteiger partial charge in [-0.15, -0.1) is 11.3 Å². The van der Waals surface area contributed by atoms with Gasteiger partial charge in [-0.25, -0.2) is 18.1 Å². The molecule has 0 atom stereocenters. The minimum absolute atomic E-state index is 0.0933. The molecule has 2 N–H and O–H groups in total. The van der Waals surface area contributed by atoms with Gasteiger partial charge < -0.3 is 5.32 Å². The fraction of sp³-hybridized carbons (Fsp3) is 0.571. The first-order chi connectivity index (χ1) is 6.57. The number of aromatic nitrogens is 1. The van der Waals surface area contributed by atoms with Crippen LogP contribution in [-0.2, 0) is 16.6 Å². The molecule has 1 aromatic heterocycles. The standard InChI is InChI=1S/C7H13N3O2S2/c1-3-14(11,12)9-4-6-5-13-7(8-2)10-6/h5,9H,3-4H2,1-2H3,(H,8,10). The smallest absolute Gasteiger partial charge is 0.211 e. The van der Waals surface area contributed by atoms with Crippen molar-refractivity contribution in [3.05, 3.63) is 11.1 Å². The van der Waals surface area contributed by atoms with Crippen molar-refractivity contribution in [2.45, 2.75) is 13.5 Å². The Hall–Kier alpha value is -0.660. The molecule has 0 aliphatic carbocycles. The van der Waals surface area contributed by atoms with Crippen molar-refractivity contribution in [2.24, 2.45) is 0 Å². The van der Waals surface area contributed by atoms with Gasteiger partial charge in [-0.2, -0.15) is 0 Å². The van der Waals surface area contributed by atoms with Crippen LogP contribution < -0.4 is 10.0 Å². The summed E-state index contributed by atoms with van der Waals surface area (Å²) < 4.78 is 24.6. The second-order valence-electron chi connectivity index (χ2n) is 2.62. The van der Waals surface area contributed by atoms with Gasteiger partial charge in [0.2, 0.25) is 10.0 Å². The molecule has 1 rings (SSSR count). The zero-order chi connectivity index (χ0) is 10.6. The van der Waals surface area contributed by atoms with E-state index in [0.29, 0.717) is 0 Å². The fourth-order valence-corrected chi connectivity index (χ4v) is 2.03. The molecule has 0 spiro atoms. The summed E-state index contributed by atoms with van der Waals surface area (Å²) in [5.41, 5.74) is 0.733. The Morgan fingerprint density at radius 1 is 1.57 bits per heavy atom. The van der Waals surface area contributed by atoms with Crippen molar-refractivity contribution in [3.63, 3.8) is 0 Å². The summed E-state index contributed by atoms with van der Waals surface area (Å²) >= 11 is 1.45. The first kappa shape index (κ1) is 11.4. The van der Waals surface area contributed by atoms with E-state index in [2.05, 4.69) is 15.0 Å². The number of nitrogens with zero attached hydrogens (tertiary/aromatic N) is 1. The van der Waals surface area contributed by atoms with Crippen molar-refractivity contribution in [2.75, 3.05) is 18.1 Å². The summed E-state index contributed by atoms with van der Waals surface area (Å²) in [6.45, 7) is 1.86. The van der Waals surface area contributed by atoms with Crippen LogP contribution in [0.2, 0.25) is 0 Å². The number of nitrogens with one attached hydrogen (secondary N) is 2. The monoisotopic (exact) mass is 235 g/mol. The third kappa shape index (κ3) is 3.24. The van der Waals surface area contributed by atoms with Crippen LogP contribution in [0.1, 0.15) is 12.6 Å². The molecule has 0 radical (unpaired) electrons. The van der Waals surface area contributed by atoms with Gasteiger partial charge in [0.1, 0.15) is 0 Å². The first-order valence-electron chi connectivity index (χ1n) is 4.17. The Kier molecular flexibility index (Phi) is 3.85. The molecule has 0 amide bonds. The molecule has 1 heterocycles. The lowest BCUT2D eigenvalue weighted by Crippen LogP contribution is -2.24. The lowest BCUT2D eigenvalue weighted by Gasteiger charge is -2.00. The summed E-state index contributed by atoms with van der Waals surface area (Å²) in [5, 5.41) is 5.50. The highest BCUT2D eigenvalue weighted by atomic mass is 32.2. The normalized spacial score (nSPS) is 11.6. The molecule has 0 aliphatic rings. The third-order valence-corrected chi connectivity index (χ3v) is 3.87.